The summed E-state index contributed by atoms with van der Waals surface area (Å²) in [5.74, 6) is 1.65. The highest BCUT2D eigenvalue weighted by molar-refractivity contribution is 5.80. The summed E-state index contributed by atoms with van der Waals surface area (Å²) in [7, 11) is 1.66. The SMILES string of the molecule is CC[C@H](c1nnnn1CCc1ccccc1)N(Cc1cc2cc(OC)ccc2[nH]c1=O)C1CCCC1. The Balaban J connectivity index is 1.45. The van der Waals surface area contributed by atoms with E-state index in [0.717, 1.165) is 60.3 Å². The first kappa shape index (κ1) is 24.2. The number of aromatic amines is 1. The fraction of sp³-hybridized carbons (Fsp3) is 0.429. The molecule has 8 nitrogen and oxygen atoms in total. The Morgan fingerprint density at radius 1 is 1.14 bits per heavy atom. The van der Waals surface area contributed by atoms with Gasteiger partial charge in [0, 0.05) is 35.6 Å². The standard InChI is InChI=1S/C28H34N6O2/c1-3-26(27-30-31-32-34(27)16-15-20-9-5-4-6-10-20)33(23-11-7-8-12-23)19-22-17-21-18-24(36-2)13-14-25(21)29-28(22)35/h4-6,9-10,13-14,17-18,23,26H,3,7-8,11-12,15-16,19H2,1-2H3,(H,29,35)/t26-/m1/s1. The van der Waals surface area contributed by atoms with Crippen LogP contribution in [0.2, 0.25) is 0 Å². The number of H-pyrrole nitrogens is 1. The van der Waals surface area contributed by atoms with Gasteiger partial charge >= 0.3 is 0 Å². The maximum absolute atomic E-state index is 13.1. The molecule has 0 amide bonds. The Kier molecular flexibility index (Phi) is 7.41. The van der Waals surface area contributed by atoms with E-state index in [-0.39, 0.29) is 11.6 Å². The third-order valence-electron chi connectivity index (χ3n) is 7.37. The molecule has 1 aliphatic carbocycles. The fourth-order valence-electron chi connectivity index (χ4n) is 5.46. The molecule has 0 saturated heterocycles. The van der Waals surface area contributed by atoms with Crippen LogP contribution < -0.4 is 10.3 Å². The summed E-state index contributed by atoms with van der Waals surface area (Å²) in [6.45, 7) is 3.45. The average molecular weight is 487 g/mol. The van der Waals surface area contributed by atoms with Crippen molar-refractivity contribution in [3.63, 3.8) is 0 Å². The Hall–Kier alpha value is -3.52. The van der Waals surface area contributed by atoms with E-state index in [1.54, 1.807) is 7.11 Å². The molecule has 36 heavy (non-hydrogen) atoms. The molecule has 2 heterocycles. The molecule has 5 rings (SSSR count). The molecule has 2 aromatic heterocycles. The van der Waals surface area contributed by atoms with Crippen molar-refractivity contribution in [3.05, 3.63) is 81.9 Å². The maximum atomic E-state index is 13.1. The van der Waals surface area contributed by atoms with Crippen LogP contribution in [-0.4, -0.2) is 43.2 Å². The van der Waals surface area contributed by atoms with Gasteiger partial charge in [-0.3, -0.25) is 9.69 Å². The van der Waals surface area contributed by atoms with Crippen molar-refractivity contribution in [2.75, 3.05) is 7.11 Å². The van der Waals surface area contributed by atoms with Gasteiger partial charge in [0.1, 0.15) is 5.75 Å². The van der Waals surface area contributed by atoms with E-state index >= 15 is 0 Å². The average Bonchev–Trinajstić information content (AvgIpc) is 3.61. The summed E-state index contributed by atoms with van der Waals surface area (Å²) >= 11 is 0. The number of fused-ring (bicyclic) bond motifs is 1. The monoisotopic (exact) mass is 486 g/mol. The van der Waals surface area contributed by atoms with Crippen LogP contribution in [0.3, 0.4) is 0 Å². The number of methoxy groups -OCH3 is 1. The van der Waals surface area contributed by atoms with Crippen molar-refractivity contribution in [1.29, 1.82) is 0 Å². The molecule has 1 fully saturated rings. The minimum atomic E-state index is -0.0470. The first-order valence-electron chi connectivity index (χ1n) is 12.9. The lowest BCUT2D eigenvalue weighted by Gasteiger charge is -2.35. The maximum Gasteiger partial charge on any atom is 0.252 e. The van der Waals surface area contributed by atoms with Gasteiger partial charge in [-0.15, -0.1) is 5.10 Å². The van der Waals surface area contributed by atoms with Crippen LogP contribution in [0, 0.1) is 0 Å². The number of aryl methyl sites for hydroxylation is 2. The molecule has 0 unspecified atom stereocenters. The topological polar surface area (TPSA) is 88.9 Å². The number of ether oxygens (including phenoxy) is 1. The molecule has 4 aromatic rings. The number of hydrogen-bond donors (Lipinski definition) is 1. The number of hydrogen-bond acceptors (Lipinski definition) is 6. The zero-order valence-corrected chi connectivity index (χ0v) is 21.1. The smallest absolute Gasteiger partial charge is 0.252 e. The van der Waals surface area contributed by atoms with Gasteiger partial charge in [-0.25, -0.2) is 4.68 Å². The lowest BCUT2D eigenvalue weighted by Crippen LogP contribution is -2.39. The fourth-order valence-corrected chi connectivity index (χ4v) is 5.46. The van der Waals surface area contributed by atoms with Gasteiger partial charge in [0.25, 0.3) is 5.56 Å². The van der Waals surface area contributed by atoms with E-state index in [2.05, 4.69) is 56.6 Å². The predicted molar refractivity (Wildman–Crippen MR) is 140 cm³/mol. The molecule has 8 heteroatoms. The Labute approximate surface area is 211 Å². The van der Waals surface area contributed by atoms with Gasteiger partial charge in [-0.05, 0) is 65.9 Å². The highest BCUT2D eigenvalue weighted by atomic mass is 16.5. The first-order valence-corrected chi connectivity index (χ1v) is 12.9. The molecule has 0 aliphatic heterocycles. The second-order valence-electron chi connectivity index (χ2n) is 9.61. The highest BCUT2D eigenvalue weighted by Crippen LogP contribution is 2.33. The Morgan fingerprint density at radius 3 is 2.69 bits per heavy atom. The van der Waals surface area contributed by atoms with Crippen molar-refractivity contribution in [3.8, 4) is 5.75 Å². The van der Waals surface area contributed by atoms with Crippen LogP contribution >= 0.6 is 0 Å². The Bertz CT molecular complexity index is 1340. The van der Waals surface area contributed by atoms with E-state index in [4.69, 9.17) is 4.74 Å². The molecule has 0 radical (unpaired) electrons. The number of benzene rings is 2. The molecular formula is C28H34N6O2. The third-order valence-corrected chi connectivity index (χ3v) is 7.37. The summed E-state index contributed by atoms with van der Waals surface area (Å²) in [6.07, 6.45) is 6.40. The number of rotatable bonds is 10. The van der Waals surface area contributed by atoms with Crippen LogP contribution in [-0.2, 0) is 19.5 Å². The number of nitrogens with one attached hydrogen (secondary N) is 1. The summed E-state index contributed by atoms with van der Waals surface area (Å²) in [6, 6.07) is 18.6. The zero-order valence-electron chi connectivity index (χ0n) is 21.1. The number of tetrazole rings is 1. The van der Waals surface area contributed by atoms with Crippen LogP contribution in [0.25, 0.3) is 10.9 Å². The van der Waals surface area contributed by atoms with Crippen LogP contribution in [0.4, 0.5) is 0 Å². The molecular weight excluding hydrogens is 452 g/mol. The highest BCUT2D eigenvalue weighted by Gasteiger charge is 2.32. The lowest BCUT2D eigenvalue weighted by atomic mass is 10.0. The van der Waals surface area contributed by atoms with E-state index in [1.165, 1.54) is 18.4 Å². The van der Waals surface area contributed by atoms with Gasteiger partial charge in [0.2, 0.25) is 0 Å². The van der Waals surface area contributed by atoms with Gasteiger partial charge < -0.3 is 9.72 Å². The molecule has 1 N–H and O–H groups in total. The molecule has 0 spiro atoms. The minimum absolute atomic E-state index is 0.0271. The molecule has 2 aromatic carbocycles. The van der Waals surface area contributed by atoms with Crippen LogP contribution in [0.5, 0.6) is 5.75 Å². The van der Waals surface area contributed by atoms with E-state index in [1.807, 2.05) is 35.0 Å². The van der Waals surface area contributed by atoms with E-state index < -0.39 is 0 Å². The Morgan fingerprint density at radius 2 is 1.94 bits per heavy atom. The normalized spacial score (nSPS) is 15.1. The molecule has 1 saturated carbocycles. The van der Waals surface area contributed by atoms with Gasteiger partial charge in [0.05, 0.1) is 13.2 Å². The van der Waals surface area contributed by atoms with Crippen LogP contribution in [0.15, 0.2) is 59.4 Å². The largest absolute Gasteiger partial charge is 0.497 e. The third kappa shape index (κ3) is 5.18. The number of pyridine rings is 1. The lowest BCUT2D eigenvalue weighted by molar-refractivity contribution is 0.112. The van der Waals surface area contributed by atoms with E-state index in [9.17, 15) is 4.79 Å². The first-order chi connectivity index (χ1) is 17.7. The van der Waals surface area contributed by atoms with Crippen LogP contribution in [0.1, 0.15) is 62.0 Å². The van der Waals surface area contributed by atoms with Crippen molar-refractivity contribution >= 4 is 10.9 Å². The van der Waals surface area contributed by atoms with Gasteiger partial charge in [0.15, 0.2) is 5.82 Å². The van der Waals surface area contributed by atoms with Crippen molar-refractivity contribution in [1.82, 2.24) is 30.1 Å². The molecule has 1 aliphatic rings. The predicted octanol–water partition coefficient (Wildman–Crippen LogP) is 4.66. The van der Waals surface area contributed by atoms with Crippen molar-refractivity contribution in [2.24, 2.45) is 0 Å². The van der Waals surface area contributed by atoms with Gasteiger partial charge in [-0.1, -0.05) is 50.1 Å². The van der Waals surface area contributed by atoms with Crippen molar-refractivity contribution in [2.45, 2.75) is 70.6 Å². The summed E-state index contributed by atoms with van der Waals surface area (Å²) < 4.78 is 7.34. The number of nitrogens with zero attached hydrogens (tertiary/aromatic N) is 5. The molecule has 1 atom stereocenters. The second-order valence-corrected chi connectivity index (χ2v) is 9.61. The second kappa shape index (κ2) is 11.0. The molecule has 0 bridgehead atoms. The summed E-state index contributed by atoms with van der Waals surface area (Å²) in [5, 5.41) is 13.8. The van der Waals surface area contributed by atoms with Crippen molar-refractivity contribution < 1.29 is 4.74 Å². The number of aromatic nitrogens is 5. The minimum Gasteiger partial charge on any atom is -0.497 e. The van der Waals surface area contributed by atoms with E-state index in [0.29, 0.717) is 12.6 Å². The summed E-state index contributed by atoms with van der Waals surface area (Å²) in [5.41, 5.74) is 2.78. The summed E-state index contributed by atoms with van der Waals surface area (Å²) in [4.78, 5) is 18.6. The zero-order chi connectivity index (χ0) is 24.9. The molecule has 188 valence electrons. The van der Waals surface area contributed by atoms with Gasteiger partial charge in [-0.2, -0.15) is 0 Å². The quantitative estimate of drug-likeness (QED) is 0.351.